The van der Waals surface area contributed by atoms with E-state index in [1.807, 2.05) is 0 Å². The summed E-state index contributed by atoms with van der Waals surface area (Å²) in [6, 6.07) is -1.73. The Morgan fingerprint density at radius 3 is 1.49 bits per heavy atom. The maximum absolute atomic E-state index is 12.3. The van der Waals surface area contributed by atoms with Crippen LogP contribution in [0.5, 0.6) is 0 Å². The number of carbonyl (C=O) groups excluding carboxylic acids is 1. The van der Waals surface area contributed by atoms with E-state index in [1.165, 1.54) is 0 Å². The van der Waals surface area contributed by atoms with Crippen molar-refractivity contribution in [2.75, 3.05) is 39.6 Å². The minimum absolute atomic E-state index is 0.836. The van der Waals surface area contributed by atoms with Gasteiger partial charge in [-0.15, -0.1) is 0 Å². The molecule has 0 aliphatic carbocycles. The van der Waals surface area contributed by atoms with Crippen LogP contribution in [0.25, 0.3) is 0 Å². The van der Waals surface area contributed by atoms with Gasteiger partial charge in [0.2, 0.25) is 5.91 Å². The quantitative estimate of drug-likeness (QED) is 0.0571. The Balaban J connectivity index is 1.45. The van der Waals surface area contributed by atoms with E-state index < -0.39 is 242 Å². The number of hydrogen-bond donors (Lipinski definition) is 21. The number of hydrogen-bond acceptors (Lipinski definition) is 32. The standard InChI is InChI=1S/C40H67NO33/c1-9(47)41-17-22(54)18(50)12(4-43)65-34(17)73-33-25(57)21(53)15(7-46)68-38(33)71-31-16(8-64-35-26(58)23(55)19(51)13(5-44)66-35)69-37(28(60)32(31)72-36-27(59)24(56)20(52)14(6-45)67-36)70-29-10(48)2-40(63,39(61)62)74-30(29)11(49)3-42/h10-38,42-46,48-60,63H,2-8H2,1H3,(H,41,47)(H,61,62)/t10-,11-,12-,13-,14-,15-,16-,17-,18-,19-,20-,21-,22-,23+,24-,25+,26-,27-,28-,29-,30-,31-,32+,33-,34-,35-,36+,37-,38+,40-/m1/s1. The summed E-state index contributed by atoms with van der Waals surface area (Å²) >= 11 is 0. The summed E-state index contributed by atoms with van der Waals surface area (Å²) in [4.78, 5) is 24.3. The highest BCUT2D eigenvalue weighted by Crippen LogP contribution is 2.39. The molecule has 6 aliphatic rings. The molecule has 6 heterocycles. The van der Waals surface area contributed by atoms with Crippen LogP contribution in [0.2, 0.25) is 0 Å². The number of aliphatic hydroxyl groups excluding tert-OH is 18. The molecule has 0 aromatic rings. The van der Waals surface area contributed by atoms with Gasteiger partial charge in [0, 0.05) is 13.3 Å². The summed E-state index contributed by atoms with van der Waals surface area (Å²) in [7, 11) is 0. The van der Waals surface area contributed by atoms with Crippen molar-refractivity contribution in [2.45, 2.75) is 197 Å². The second-order valence-corrected chi connectivity index (χ2v) is 18.5. The Kier molecular flexibility index (Phi) is 21.2. The van der Waals surface area contributed by atoms with Crippen LogP contribution >= 0.6 is 0 Å². The van der Waals surface area contributed by atoms with Crippen LogP contribution < -0.4 is 5.32 Å². The van der Waals surface area contributed by atoms with E-state index in [9.17, 15) is 112 Å². The van der Waals surface area contributed by atoms with Crippen LogP contribution in [-0.2, 0) is 61.7 Å². The van der Waals surface area contributed by atoms with E-state index in [2.05, 4.69) is 5.32 Å². The number of carbonyl (C=O) groups is 2. The van der Waals surface area contributed by atoms with E-state index >= 15 is 0 Å². The average Bonchev–Trinajstić information content (AvgIpc) is 3.36. The molecule has 6 saturated heterocycles. The summed E-state index contributed by atoms with van der Waals surface area (Å²) < 4.78 is 63.7. The zero-order valence-corrected chi connectivity index (χ0v) is 38.9. The predicted octanol–water partition coefficient (Wildman–Crippen LogP) is -14.1. The fourth-order valence-corrected chi connectivity index (χ4v) is 9.22. The van der Waals surface area contributed by atoms with Gasteiger partial charge in [0.1, 0.15) is 140 Å². The van der Waals surface area contributed by atoms with Gasteiger partial charge in [0.05, 0.1) is 45.7 Å². The highest BCUT2D eigenvalue weighted by Gasteiger charge is 2.60. The number of carboxylic acid groups (broad SMARTS) is 1. The lowest BCUT2D eigenvalue weighted by Gasteiger charge is -2.51. The van der Waals surface area contributed by atoms with Crippen molar-refractivity contribution in [3.05, 3.63) is 0 Å². The lowest BCUT2D eigenvalue weighted by atomic mass is 9.92. The molecule has 74 heavy (non-hydrogen) atoms. The van der Waals surface area contributed by atoms with Crippen molar-refractivity contribution in [3.63, 3.8) is 0 Å². The van der Waals surface area contributed by atoms with E-state index in [4.69, 9.17) is 52.1 Å². The number of ether oxygens (including phenoxy) is 11. The van der Waals surface area contributed by atoms with E-state index in [-0.39, 0.29) is 0 Å². The molecule has 0 aromatic heterocycles. The van der Waals surface area contributed by atoms with Gasteiger partial charge in [-0.05, 0) is 0 Å². The van der Waals surface area contributed by atoms with Gasteiger partial charge in [-0.1, -0.05) is 0 Å². The minimum atomic E-state index is -3.22. The van der Waals surface area contributed by atoms with Gasteiger partial charge in [0.15, 0.2) is 31.5 Å². The van der Waals surface area contributed by atoms with Crippen molar-refractivity contribution in [1.82, 2.24) is 5.32 Å². The first-order valence-electron chi connectivity index (χ1n) is 23.2. The zero-order valence-electron chi connectivity index (χ0n) is 38.9. The van der Waals surface area contributed by atoms with Crippen LogP contribution in [-0.4, -0.2) is 337 Å². The number of aliphatic carboxylic acids is 1. The Labute approximate surface area is 417 Å². The molecule has 34 heteroatoms. The topological polar surface area (TPSA) is 552 Å². The molecule has 6 rings (SSSR count). The first kappa shape index (κ1) is 61.0. The molecular formula is C40H67NO33. The number of carboxylic acids is 1. The zero-order chi connectivity index (χ0) is 54.8. The van der Waals surface area contributed by atoms with Crippen molar-refractivity contribution in [2.24, 2.45) is 0 Å². The molecule has 6 aliphatic heterocycles. The number of amides is 1. The third kappa shape index (κ3) is 12.8. The minimum Gasteiger partial charge on any atom is -0.477 e. The monoisotopic (exact) mass is 1090 g/mol. The summed E-state index contributed by atoms with van der Waals surface area (Å²) in [5.74, 6) is -6.11. The van der Waals surface area contributed by atoms with Crippen LogP contribution in [0.15, 0.2) is 0 Å². The van der Waals surface area contributed by atoms with Crippen LogP contribution in [0, 0.1) is 0 Å². The molecule has 0 bridgehead atoms. The number of nitrogens with one attached hydrogen (secondary N) is 1. The fraction of sp³-hybridized carbons (Fsp3) is 0.950. The Hall–Kier alpha value is -2.26. The molecule has 1 amide bonds. The maximum atomic E-state index is 12.3. The first-order valence-corrected chi connectivity index (χ1v) is 23.2. The smallest absolute Gasteiger partial charge is 0.364 e. The lowest BCUT2D eigenvalue weighted by Crippen LogP contribution is -2.70. The molecule has 0 radical (unpaired) electrons. The maximum Gasteiger partial charge on any atom is 0.364 e. The SMILES string of the molecule is CC(=O)N[C@H]1[C@@H](O[C@H]2[C@H](O[C@H]3[C@@H](O[C@@H]4O[C@H](CO)[C@@H](O)[C@@H](O)[C@H]4O)[C@@H](O)[C@@H](O[C@H]4[C@@H]([C@H](O)CO)O[C@@](O)(C(=O)O)C[C@H]4O)O[C@@H]3CO[C@@H]3O[C@H](CO)[C@@H](O)[C@H](O)[C@H]3O)O[C@H](CO)[C@@H](O)[C@@H]2O)O[C@H](CO)[C@@H](O)[C@@H]1O. The molecule has 0 spiro atoms. The van der Waals surface area contributed by atoms with Gasteiger partial charge < -0.3 is 160 Å². The first-order chi connectivity index (χ1) is 34.9. The Morgan fingerprint density at radius 1 is 0.527 bits per heavy atom. The van der Waals surface area contributed by atoms with Crippen LogP contribution in [0.4, 0.5) is 0 Å². The summed E-state index contributed by atoms with van der Waals surface area (Å²) in [6.07, 6.45) is -59.4. The van der Waals surface area contributed by atoms with Gasteiger partial charge in [-0.2, -0.15) is 0 Å². The molecular weight excluding hydrogens is 1020 g/mol. The van der Waals surface area contributed by atoms with Crippen LogP contribution in [0.1, 0.15) is 13.3 Å². The molecule has 34 nitrogen and oxygen atoms in total. The highest BCUT2D eigenvalue weighted by atomic mass is 16.8. The molecule has 0 saturated carbocycles. The fourth-order valence-electron chi connectivity index (χ4n) is 9.22. The normalized spacial score (nSPS) is 49.7. The van der Waals surface area contributed by atoms with Gasteiger partial charge >= 0.3 is 5.97 Å². The molecule has 21 N–H and O–H groups in total. The largest absolute Gasteiger partial charge is 0.477 e. The van der Waals surface area contributed by atoms with Gasteiger partial charge in [-0.25, -0.2) is 4.79 Å². The Bertz CT molecular complexity index is 1790. The van der Waals surface area contributed by atoms with Gasteiger partial charge in [-0.3, -0.25) is 4.79 Å². The Morgan fingerprint density at radius 2 is 0.959 bits per heavy atom. The van der Waals surface area contributed by atoms with Crippen molar-refractivity contribution < 1.29 is 164 Å². The second-order valence-electron chi connectivity index (χ2n) is 18.5. The highest BCUT2D eigenvalue weighted by molar-refractivity contribution is 5.75. The molecule has 0 aromatic carbocycles. The molecule has 0 unspecified atom stereocenters. The summed E-state index contributed by atoms with van der Waals surface area (Å²) in [5.41, 5.74) is 0. The third-order valence-corrected chi connectivity index (χ3v) is 13.4. The number of aliphatic hydroxyl groups is 19. The van der Waals surface area contributed by atoms with E-state index in [0.29, 0.717) is 0 Å². The predicted molar refractivity (Wildman–Crippen MR) is 222 cm³/mol. The van der Waals surface area contributed by atoms with Crippen molar-refractivity contribution in [1.29, 1.82) is 0 Å². The van der Waals surface area contributed by atoms with Crippen molar-refractivity contribution >= 4 is 11.9 Å². The van der Waals surface area contributed by atoms with Gasteiger partial charge in [0.25, 0.3) is 5.79 Å². The molecule has 30 atom stereocenters. The number of rotatable bonds is 19. The lowest BCUT2D eigenvalue weighted by molar-refractivity contribution is -0.409. The summed E-state index contributed by atoms with van der Waals surface area (Å²) in [6.45, 7) is -5.38. The van der Waals surface area contributed by atoms with Crippen molar-refractivity contribution in [3.8, 4) is 0 Å². The molecule has 430 valence electrons. The second kappa shape index (κ2) is 25.7. The summed E-state index contributed by atoms with van der Waals surface area (Å²) in [5, 5.41) is 215. The third-order valence-electron chi connectivity index (χ3n) is 13.4. The van der Waals surface area contributed by atoms with E-state index in [0.717, 1.165) is 6.92 Å². The average molecular weight is 1090 g/mol. The van der Waals surface area contributed by atoms with E-state index in [1.54, 1.807) is 0 Å². The molecule has 6 fully saturated rings. The van der Waals surface area contributed by atoms with Crippen LogP contribution in [0.3, 0.4) is 0 Å².